The lowest BCUT2D eigenvalue weighted by atomic mass is 10.1. The van der Waals surface area contributed by atoms with Crippen LogP contribution in [-0.2, 0) is 10.0 Å². The number of unbranched alkanes of at least 4 members (excludes halogenated alkanes) is 1. The smallest absolute Gasteiger partial charge is 0.232 e. The van der Waals surface area contributed by atoms with Gasteiger partial charge in [0.1, 0.15) is 0 Å². The highest BCUT2D eigenvalue weighted by Gasteiger charge is 2.11. The molecule has 3 rings (SSSR count). The normalized spacial score (nSPS) is 14.8. The Morgan fingerprint density at radius 3 is 2.00 bits per heavy atom. The summed E-state index contributed by atoms with van der Waals surface area (Å²) in [6, 6.07) is 15.8. The van der Waals surface area contributed by atoms with Gasteiger partial charge in [-0.3, -0.25) is 4.72 Å². The minimum atomic E-state index is -3.26. The van der Waals surface area contributed by atoms with Gasteiger partial charge in [0, 0.05) is 35.8 Å². The van der Waals surface area contributed by atoms with Gasteiger partial charge in [0.15, 0.2) is 0 Å². The minimum absolute atomic E-state index is 0.160. The van der Waals surface area contributed by atoms with Crippen molar-refractivity contribution in [2.24, 2.45) is 0 Å². The van der Waals surface area contributed by atoms with E-state index in [1.807, 2.05) is 19.1 Å². The molecule has 1 aliphatic rings. The van der Waals surface area contributed by atoms with Crippen LogP contribution in [0.15, 0.2) is 48.5 Å². The average Bonchev–Trinajstić information content (AvgIpc) is 2.69. The molecule has 2 aromatic rings. The third kappa shape index (κ3) is 5.89. The van der Waals surface area contributed by atoms with Crippen molar-refractivity contribution in [3.63, 3.8) is 0 Å². The van der Waals surface area contributed by atoms with Crippen LogP contribution in [0.3, 0.4) is 0 Å². The molecule has 1 heterocycles. The topological polar surface area (TPSA) is 61.4 Å². The maximum absolute atomic E-state index is 12.0. The zero-order valence-electron chi connectivity index (χ0n) is 15.9. The lowest BCUT2D eigenvalue weighted by Crippen LogP contribution is -2.29. The van der Waals surface area contributed by atoms with E-state index in [0.717, 1.165) is 30.9 Å². The van der Waals surface area contributed by atoms with Crippen LogP contribution in [0.2, 0.25) is 0 Å². The SMILES string of the molecule is CCCCS(=O)(=O)Nc1ccc(Nc2ccc(N3CCCCC3)cc2)cc1. The van der Waals surface area contributed by atoms with Gasteiger partial charge in [-0.2, -0.15) is 0 Å². The van der Waals surface area contributed by atoms with Crippen LogP contribution < -0.4 is 14.9 Å². The Morgan fingerprint density at radius 2 is 1.41 bits per heavy atom. The monoisotopic (exact) mass is 387 g/mol. The summed E-state index contributed by atoms with van der Waals surface area (Å²) in [5, 5.41) is 3.36. The Bertz CT molecular complexity index is 812. The van der Waals surface area contributed by atoms with Crippen LogP contribution >= 0.6 is 0 Å². The Balaban J connectivity index is 1.58. The molecule has 0 bridgehead atoms. The summed E-state index contributed by atoms with van der Waals surface area (Å²) in [4.78, 5) is 2.44. The Morgan fingerprint density at radius 1 is 0.852 bits per heavy atom. The summed E-state index contributed by atoms with van der Waals surface area (Å²) in [5.41, 5.74) is 3.82. The van der Waals surface area contributed by atoms with Gasteiger partial charge in [0.2, 0.25) is 10.0 Å². The Hall–Kier alpha value is -2.21. The highest BCUT2D eigenvalue weighted by atomic mass is 32.2. The highest BCUT2D eigenvalue weighted by Crippen LogP contribution is 2.24. The van der Waals surface area contributed by atoms with Gasteiger partial charge < -0.3 is 10.2 Å². The average molecular weight is 388 g/mol. The predicted molar refractivity (Wildman–Crippen MR) is 115 cm³/mol. The van der Waals surface area contributed by atoms with E-state index in [4.69, 9.17) is 0 Å². The molecule has 0 saturated carbocycles. The van der Waals surface area contributed by atoms with Crippen molar-refractivity contribution in [2.45, 2.75) is 39.0 Å². The number of hydrogen-bond donors (Lipinski definition) is 2. The number of nitrogens with zero attached hydrogens (tertiary/aromatic N) is 1. The molecule has 0 spiro atoms. The maximum Gasteiger partial charge on any atom is 0.232 e. The van der Waals surface area contributed by atoms with Gasteiger partial charge >= 0.3 is 0 Å². The first-order chi connectivity index (χ1) is 13.1. The third-order valence-electron chi connectivity index (χ3n) is 4.80. The van der Waals surface area contributed by atoms with Crippen molar-refractivity contribution in [1.29, 1.82) is 0 Å². The van der Waals surface area contributed by atoms with Gasteiger partial charge in [-0.05, 0) is 74.2 Å². The molecule has 0 amide bonds. The molecular formula is C21H29N3O2S. The van der Waals surface area contributed by atoms with Crippen LogP contribution in [0.5, 0.6) is 0 Å². The van der Waals surface area contributed by atoms with Gasteiger partial charge in [-0.25, -0.2) is 8.42 Å². The largest absolute Gasteiger partial charge is 0.372 e. The summed E-state index contributed by atoms with van der Waals surface area (Å²) in [6.45, 7) is 4.26. The van der Waals surface area contributed by atoms with Crippen LogP contribution in [0, 0.1) is 0 Å². The second-order valence-corrected chi connectivity index (χ2v) is 8.91. The standard InChI is InChI=1S/C21H29N3O2S/c1-2-3-17-27(25,26)23-20-9-7-18(8-10-20)22-19-11-13-21(14-12-19)24-15-5-4-6-16-24/h7-14,22-23H,2-6,15-17H2,1H3. The van der Waals surface area contributed by atoms with E-state index in [0.29, 0.717) is 12.1 Å². The van der Waals surface area contributed by atoms with Crippen molar-refractivity contribution in [2.75, 3.05) is 33.8 Å². The van der Waals surface area contributed by atoms with E-state index in [9.17, 15) is 8.42 Å². The molecule has 146 valence electrons. The fraction of sp³-hybridized carbons (Fsp3) is 0.429. The molecule has 0 unspecified atom stereocenters. The minimum Gasteiger partial charge on any atom is -0.372 e. The number of anilines is 4. The molecule has 27 heavy (non-hydrogen) atoms. The van der Waals surface area contributed by atoms with Crippen molar-refractivity contribution in [3.05, 3.63) is 48.5 Å². The first-order valence-corrected chi connectivity index (χ1v) is 11.4. The van der Waals surface area contributed by atoms with Crippen LogP contribution in [0.1, 0.15) is 39.0 Å². The molecule has 1 saturated heterocycles. The second-order valence-electron chi connectivity index (χ2n) is 7.07. The van der Waals surface area contributed by atoms with E-state index in [1.165, 1.54) is 24.9 Å². The van der Waals surface area contributed by atoms with E-state index in [2.05, 4.69) is 39.2 Å². The quantitative estimate of drug-likeness (QED) is 0.672. The summed E-state index contributed by atoms with van der Waals surface area (Å²) >= 11 is 0. The predicted octanol–water partition coefficient (Wildman–Crippen LogP) is 4.96. The molecule has 0 aromatic heterocycles. The Labute approximate surface area is 162 Å². The number of piperidine rings is 1. The zero-order chi connectivity index (χ0) is 19.1. The van der Waals surface area contributed by atoms with Gasteiger partial charge in [0.05, 0.1) is 5.75 Å². The fourth-order valence-electron chi connectivity index (χ4n) is 3.26. The van der Waals surface area contributed by atoms with Gasteiger partial charge in [-0.1, -0.05) is 13.3 Å². The number of benzene rings is 2. The molecule has 0 aliphatic carbocycles. The maximum atomic E-state index is 12.0. The van der Waals surface area contributed by atoms with Crippen LogP contribution in [-0.4, -0.2) is 27.3 Å². The van der Waals surface area contributed by atoms with E-state index >= 15 is 0 Å². The first kappa shape index (κ1) is 19.5. The first-order valence-electron chi connectivity index (χ1n) is 9.78. The van der Waals surface area contributed by atoms with E-state index in [-0.39, 0.29) is 5.75 Å². The summed E-state index contributed by atoms with van der Waals surface area (Å²) in [6.07, 6.45) is 5.41. The van der Waals surface area contributed by atoms with Crippen LogP contribution in [0.25, 0.3) is 0 Å². The lowest BCUT2D eigenvalue weighted by Gasteiger charge is -2.28. The van der Waals surface area contributed by atoms with Crippen molar-refractivity contribution >= 4 is 32.8 Å². The number of rotatable bonds is 8. The van der Waals surface area contributed by atoms with Gasteiger partial charge in [-0.15, -0.1) is 0 Å². The molecule has 2 aromatic carbocycles. The van der Waals surface area contributed by atoms with Crippen LogP contribution in [0.4, 0.5) is 22.7 Å². The summed E-state index contributed by atoms with van der Waals surface area (Å²) in [5.74, 6) is 0.160. The molecule has 0 radical (unpaired) electrons. The summed E-state index contributed by atoms with van der Waals surface area (Å²) in [7, 11) is -3.26. The molecule has 5 nitrogen and oxygen atoms in total. The molecule has 0 atom stereocenters. The summed E-state index contributed by atoms with van der Waals surface area (Å²) < 4.78 is 26.6. The Kier molecular flexibility index (Phi) is 6.61. The van der Waals surface area contributed by atoms with Crippen molar-refractivity contribution in [3.8, 4) is 0 Å². The van der Waals surface area contributed by atoms with E-state index in [1.54, 1.807) is 12.1 Å². The lowest BCUT2D eigenvalue weighted by molar-refractivity contribution is 0.578. The second kappa shape index (κ2) is 9.13. The molecule has 6 heteroatoms. The number of sulfonamides is 1. The highest BCUT2D eigenvalue weighted by molar-refractivity contribution is 7.92. The molecule has 1 fully saturated rings. The van der Waals surface area contributed by atoms with Crippen molar-refractivity contribution < 1.29 is 8.42 Å². The molecule has 2 N–H and O–H groups in total. The molecular weight excluding hydrogens is 358 g/mol. The van der Waals surface area contributed by atoms with Crippen molar-refractivity contribution in [1.82, 2.24) is 0 Å². The van der Waals surface area contributed by atoms with E-state index < -0.39 is 10.0 Å². The third-order valence-corrected chi connectivity index (χ3v) is 6.17. The fourth-order valence-corrected chi connectivity index (χ4v) is 4.53. The molecule has 1 aliphatic heterocycles. The van der Waals surface area contributed by atoms with Gasteiger partial charge in [0.25, 0.3) is 0 Å². The number of nitrogens with one attached hydrogen (secondary N) is 2. The number of hydrogen-bond acceptors (Lipinski definition) is 4. The zero-order valence-corrected chi connectivity index (χ0v) is 16.8.